The van der Waals surface area contributed by atoms with Crippen LogP contribution in [0.15, 0.2) is 53.4 Å². The van der Waals surface area contributed by atoms with E-state index in [0.717, 1.165) is 32.2 Å². The van der Waals surface area contributed by atoms with Crippen molar-refractivity contribution in [3.63, 3.8) is 0 Å². The van der Waals surface area contributed by atoms with Crippen molar-refractivity contribution >= 4 is 51.6 Å². The third-order valence-corrected chi connectivity index (χ3v) is 5.85. The summed E-state index contributed by atoms with van der Waals surface area (Å²) in [5, 5.41) is -0.232. The fourth-order valence-corrected chi connectivity index (χ4v) is 4.23. The molecule has 0 atom stereocenters. The van der Waals surface area contributed by atoms with Crippen molar-refractivity contribution < 1.29 is 19.1 Å². The van der Waals surface area contributed by atoms with Crippen LogP contribution in [0.5, 0.6) is 5.75 Å². The Morgan fingerprint density at radius 3 is 2.64 bits per heavy atom. The molecule has 0 radical (unpaired) electrons. The third-order valence-electron chi connectivity index (χ3n) is 4.09. The largest absolute Gasteiger partial charge is 0.488 e. The molecular formula is C21H20INO4S. The lowest BCUT2D eigenvalue weighted by Gasteiger charge is -2.11. The van der Waals surface area contributed by atoms with Crippen LogP contribution in [-0.4, -0.2) is 36.3 Å². The van der Waals surface area contributed by atoms with Crippen LogP contribution in [0.2, 0.25) is 0 Å². The molecule has 3 rings (SSSR count). The van der Waals surface area contributed by atoms with Gasteiger partial charge in [-0.2, -0.15) is 0 Å². The first-order chi connectivity index (χ1) is 13.6. The monoisotopic (exact) mass is 509 g/mol. The van der Waals surface area contributed by atoms with Gasteiger partial charge in [0.1, 0.15) is 12.4 Å². The number of ether oxygens (including phenoxy) is 2. The number of nitrogens with zero attached hydrogens (tertiary/aromatic N) is 1. The molecule has 1 fully saturated rings. The number of amides is 2. The predicted molar refractivity (Wildman–Crippen MR) is 119 cm³/mol. The van der Waals surface area contributed by atoms with E-state index in [1.807, 2.05) is 48.5 Å². The Kier molecular flexibility index (Phi) is 7.52. The standard InChI is InChI=1S/C21H20INO4S/c1-26-11-5-10-23-20(24)19(28-21(23)25)13-16-8-9-18(17(22)12-16)27-14-15-6-3-2-4-7-15/h2-4,6-9,12-13H,5,10-11,14H2,1H3/b19-13+. The number of rotatable bonds is 8. The summed E-state index contributed by atoms with van der Waals surface area (Å²) in [4.78, 5) is 26.3. The Balaban J connectivity index is 1.66. The van der Waals surface area contributed by atoms with Crippen molar-refractivity contribution in [2.75, 3.05) is 20.3 Å². The number of benzene rings is 2. The van der Waals surface area contributed by atoms with Gasteiger partial charge in [-0.1, -0.05) is 36.4 Å². The Bertz CT molecular complexity index is 885. The zero-order valence-electron chi connectivity index (χ0n) is 15.4. The zero-order chi connectivity index (χ0) is 19.9. The molecule has 0 aliphatic carbocycles. The first kappa shape index (κ1) is 20.9. The Hall–Kier alpha value is -1.84. The van der Waals surface area contributed by atoms with Crippen LogP contribution in [0.3, 0.4) is 0 Å². The van der Waals surface area contributed by atoms with Gasteiger partial charge in [0.25, 0.3) is 11.1 Å². The first-order valence-corrected chi connectivity index (χ1v) is 10.7. The van der Waals surface area contributed by atoms with Gasteiger partial charge in [-0.05, 0) is 70.1 Å². The van der Waals surface area contributed by atoms with Crippen molar-refractivity contribution in [3.8, 4) is 5.75 Å². The Labute approximate surface area is 182 Å². The number of carbonyl (C=O) groups excluding carboxylic acids is 2. The molecule has 0 spiro atoms. The van der Waals surface area contributed by atoms with E-state index < -0.39 is 0 Å². The molecule has 0 N–H and O–H groups in total. The van der Waals surface area contributed by atoms with Crippen molar-refractivity contribution in [1.29, 1.82) is 0 Å². The van der Waals surface area contributed by atoms with E-state index in [1.54, 1.807) is 13.2 Å². The smallest absolute Gasteiger partial charge is 0.293 e. The topological polar surface area (TPSA) is 55.8 Å². The van der Waals surface area contributed by atoms with Gasteiger partial charge in [-0.25, -0.2) is 0 Å². The number of carbonyl (C=O) groups is 2. The van der Waals surface area contributed by atoms with Crippen molar-refractivity contribution in [3.05, 3.63) is 68.1 Å². The van der Waals surface area contributed by atoms with Gasteiger partial charge in [0, 0.05) is 20.3 Å². The zero-order valence-corrected chi connectivity index (χ0v) is 18.4. The van der Waals surface area contributed by atoms with Gasteiger partial charge in [0.2, 0.25) is 0 Å². The maximum absolute atomic E-state index is 12.5. The van der Waals surface area contributed by atoms with Crippen LogP contribution in [0.1, 0.15) is 17.5 Å². The summed E-state index contributed by atoms with van der Waals surface area (Å²) in [6, 6.07) is 15.7. The van der Waals surface area contributed by atoms with Crippen LogP contribution in [0.4, 0.5) is 4.79 Å². The number of imide groups is 1. The average molecular weight is 509 g/mol. The van der Waals surface area contributed by atoms with E-state index in [9.17, 15) is 9.59 Å². The molecule has 1 aliphatic rings. The summed E-state index contributed by atoms with van der Waals surface area (Å²) in [6.45, 7) is 1.39. The number of hydrogen-bond donors (Lipinski definition) is 0. The van der Waals surface area contributed by atoms with E-state index in [2.05, 4.69) is 22.6 Å². The molecule has 0 bridgehead atoms. The minimum absolute atomic E-state index is 0.232. The van der Waals surface area contributed by atoms with E-state index in [4.69, 9.17) is 9.47 Å². The number of halogens is 1. The van der Waals surface area contributed by atoms with Gasteiger partial charge < -0.3 is 9.47 Å². The summed E-state index contributed by atoms with van der Waals surface area (Å²) in [7, 11) is 1.60. The molecule has 0 unspecified atom stereocenters. The van der Waals surface area contributed by atoms with Crippen LogP contribution >= 0.6 is 34.4 Å². The number of hydrogen-bond acceptors (Lipinski definition) is 5. The third kappa shape index (κ3) is 5.36. The lowest BCUT2D eigenvalue weighted by Crippen LogP contribution is -2.29. The van der Waals surface area contributed by atoms with E-state index in [1.165, 1.54) is 4.90 Å². The maximum atomic E-state index is 12.5. The molecule has 7 heteroatoms. The van der Waals surface area contributed by atoms with Gasteiger partial charge in [0.15, 0.2) is 0 Å². The SMILES string of the molecule is COCCCN1C(=O)S/C(=C/c2ccc(OCc3ccccc3)c(I)c2)C1=O. The second-order valence-corrected chi connectivity index (χ2v) is 8.30. The van der Waals surface area contributed by atoms with E-state index in [-0.39, 0.29) is 11.1 Å². The molecule has 0 aromatic heterocycles. The summed E-state index contributed by atoms with van der Waals surface area (Å²) in [6.07, 6.45) is 2.39. The lowest BCUT2D eigenvalue weighted by molar-refractivity contribution is -0.122. The van der Waals surface area contributed by atoms with Crippen molar-refractivity contribution in [2.24, 2.45) is 0 Å². The summed E-state index contributed by atoms with van der Waals surface area (Å²) in [5.41, 5.74) is 1.96. The van der Waals surface area contributed by atoms with Crippen LogP contribution in [0.25, 0.3) is 6.08 Å². The van der Waals surface area contributed by atoms with E-state index in [0.29, 0.717) is 31.1 Å². The Morgan fingerprint density at radius 1 is 1.14 bits per heavy atom. The minimum Gasteiger partial charge on any atom is -0.488 e. The molecule has 1 saturated heterocycles. The minimum atomic E-state index is -0.245. The fraction of sp³-hybridized carbons (Fsp3) is 0.238. The molecule has 146 valence electrons. The van der Waals surface area contributed by atoms with Crippen molar-refractivity contribution in [1.82, 2.24) is 4.90 Å². The van der Waals surface area contributed by atoms with Gasteiger partial charge in [0.05, 0.1) is 8.48 Å². The molecule has 2 aromatic carbocycles. The van der Waals surface area contributed by atoms with Gasteiger partial charge in [-0.15, -0.1) is 0 Å². The number of methoxy groups -OCH3 is 1. The molecule has 28 heavy (non-hydrogen) atoms. The second-order valence-electron chi connectivity index (χ2n) is 6.14. The fourth-order valence-electron chi connectivity index (χ4n) is 2.67. The van der Waals surface area contributed by atoms with Gasteiger partial charge >= 0.3 is 0 Å². The second kappa shape index (κ2) is 10.1. The van der Waals surface area contributed by atoms with Crippen molar-refractivity contribution in [2.45, 2.75) is 13.0 Å². The average Bonchev–Trinajstić information content (AvgIpc) is 2.95. The summed E-state index contributed by atoms with van der Waals surface area (Å²) < 4.78 is 11.8. The predicted octanol–water partition coefficient (Wildman–Crippen LogP) is 4.94. The molecule has 2 aromatic rings. The molecule has 0 saturated carbocycles. The highest BCUT2D eigenvalue weighted by molar-refractivity contribution is 14.1. The lowest BCUT2D eigenvalue weighted by atomic mass is 10.2. The van der Waals surface area contributed by atoms with Gasteiger partial charge in [-0.3, -0.25) is 14.5 Å². The van der Waals surface area contributed by atoms with Crippen LogP contribution in [-0.2, 0) is 16.1 Å². The normalized spacial score (nSPS) is 15.5. The molecular weight excluding hydrogens is 489 g/mol. The first-order valence-electron chi connectivity index (χ1n) is 8.79. The van der Waals surface area contributed by atoms with Crippen LogP contribution < -0.4 is 4.74 Å². The highest BCUT2D eigenvalue weighted by Crippen LogP contribution is 2.33. The molecule has 5 nitrogen and oxygen atoms in total. The quantitative estimate of drug-likeness (QED) is 0.287. The number of thioether (sulfide) groups is 1. The Morgan fingerprint density at radius 2 is 1.93 bits per heavy atom. The maximum Gasteiger partial charge on any atom is 0.293 e. The molecule has 2 amide bonds. The highest BCUT2D eigenvalue weighted by Gasteiger charge is 2.34. The van der Waals surface area contributed by atoms with Crippen LogP contribution in [0, 0.1) is 3.57 Å². The summed E-state index contributed by atoms with van der Waals surface area (Å²) >= 11 is 3.19. The highest BCUT2D eigenvalue weighted by atomic mass is 127. The van der Waals surface area contributed by atoms with E-state index >= 15 is 0 Å². The molecule has 1 aliphatic heterocycles. The summed E-state index contributed by atoms with van der Waals surface area (Å²) in [5.74, 6) is 0.541. The molecule has 1 heterocycles.